The molecule has 0 fully saturated rings. The van der Waals surface area contributed by atoms with Gasteiger partial charge in [0.15, 0.2) is 0 Å². The van der Waals surface area contributed by atoms with E-state index in [0.717, 1.165) is 17.5 Å². The summed E-state index contributed by atoms with van der Waals surface area (Å²) in [6, 6.07) is 16.7. The molecule has 214 valence electrons. The first-order chi connectivity index (χ1) is 18.3. The molecule has 0 aromatic heterocycles. The Hall–Kier alpha value is -3.35. The van der Waals surface area contributed by atoms with Gasteiger partial charge in [-0.3, -0.25) is 9.59 Å². The van der Waals surface area contributed by atoms with Crippen molar-refractivity contribution in [3.63, 3.8) is 0 Å². The van der Waals surface area contributed by atoms with Crippen molar-refractivity contribution in [3.8, 4) is 0 Å². The van der Waals surface area contributed by atoms with Crippen LogP contribution in [0.3, 0.4) is 0 Å². The van der Waals surface area contributed by atoms with Gasteiger partial charge in [-0.05, 0) is 71.4 Å². The Labute approximate surface area is 234 Å². The Balaban J connectivity index is 2.59. The fraction of sp³-hybridized carbons (Fsp3) is 0.531. The summed E-state index contributed by atoms with van der Waals surface area (Å²) in [4.78, 5) is 42.8. The predicted octanol–water partition coefficient (Wildman–Crippen LogP) is 6.04. The second-order valence-electron chi connectivity index (χ2n) is 11.9. The van der Waals surface area contributed by atoms with Crippen LogP contribution in [0.5, 0.6) is 0 Å². The molecule has 3 atom stereocenters. The summed E-state index contributed by atoms with van der Waals surface area (Å²) < 4.78 is 5.52. The van der Waals surface area contributed by atoms with Gasteiger partial charge in [0.2, 0.25) is 11.8 Å². The highest BCUT2D eigenvalue weighted by molar-refractivity contribution is 5.92. The highest BCUT2D eigenvalue weighted by atomic mass is 16.6. The number of hydrogen-bond donors (Lipinski definition) is 2. The van der Waals surface area contributed by atoms with E-state index < -0.39 is 23.8 Å². The van der Waals surface area contributed by atoms with Crippen molar-refractivity contribution in [1.29, 1.82) is 0 Å². The third-order valence-corrected chi connectivity index (χ3v) is 6.24. The quantitative estimate of drug-likeness (QED) is 0.345. The Kier molecular flexibility index (Phi) is 12.0. The molecule has 0 bridgehead atoms. The van der Waals surface area contributed by atoms with Crippen molar-refractivity contribution in [2.45, 2.75) is 104 Å². The number of nitrogens with one attached hydrogen (secondary N) is 2. The molecule has 2 rings (SSSR count). The average Bonchev–Trinajstić information content (AvgIpc) is 2.84. The van der Waals surface area contributed by atoms with Gasteiger partial charge in [0.1, 0.15) is 17.7 Å². The van der Waals surface area contributed by atoms with Crippen LogP contribution in [0.15, 0.2) is 60.7 Å². The Morgan fingerprint density at radius 2 is 1.38 bits per heavy atom. The molecular formula is C32H47N3O4. The SMILES string of the molecule is CC(C)CCC(C)N(C(=O)C(Cc1ccccc1)NC(=O)OC(C)(C)C)C(C(=O)NC(C)C)c1ccccc1. The van der Waals surface area contributed by atoms with Crippen LogP contribution in [-0.2, 0) is 20.7 Å². The summed E-state index contributed by atoms with van der Waals surface area (Å²) >= 11 is 0. The van der Waals surface area contributed by atoms with Crippen LogP contribution in [0.25, 0.3) is 0 Å². The molecule has 0 saturated heterocycles. The van der Waals surface area contributed by atoms with E-state index in [1.807, 2.05) is 81.4 Å². The first-order valence-electron chi connectivity index (χ1n) is 14.0. The largest absolute Gasteiger partial charge is 0.444 e. The molecule has 0 saturated carbocycles. The van der Waals surface area contributed by atoms with Crippen LogP contribution in [0, 0.1) is 5.92 Å². The van der Waals surface area contributed by atoms with E-state index in [1.54, 1.807) is 25.7 Å². The summed E-state index contributed by atoms with van der Waals surface area (Å²) in [6.45, 7) is 15.4. The lowest BCUT2D eigenvalue weighted by molar-refractivity contribution is -0.145. The zero-order valence-electron chi connectivity index (χ0n) is 24.9. The topological polar surface area (TPSA) is 87.7 Å². The van der Waals surface area contributed by atoms with Crippen LogP contribution in [0.4, 0.5) is 4.79 Å². The molecule has 39 heavy (non-hydrogen) atoms. The lowest BCUT2D eigenvalue weighted by Crippen LogP contribution is -2.56. The second-order valence-corrected chi connectivity index (χ2v) is 11.9. The molecule has 0 aliphatic rings. The van der Waals surface area contributed by atoms with Gasteiger partial charge in [-0.25, -0.2) is 4.79 Å². The number of benzene rings is 2. The van der Waals surface area contributed by atoms with Crippen LogP contribution in [-0.4, -0.2) is 46.5 Å². The first kappa shape index (κ1) is 31.9. The highest BCUT2D eigenvalue weighted by Gasteiger charge is 2.39. The molecule has 7 nitrogen and oxygen atoms in total. The fourth-order valence-electron chi connectivity index (χ4n) is 4.43. The minimum absolute atomic E-state index is 0.105. The number of rotatable bonds is 12. The maximum absolute atomic E-state index is 14.5. The van der Waals surface area contributed by atoms with E-state index in [1.165, 1.54) is 0 Å². The molecule has 2 aromatic carbocycles. The van der Waals surface area contributed by atoms with E-state index in [2.05, 4.69) is 24.5 Å². The summed E-state index contributed by atoms with van der Waals surface area (Å²) in [5.41, 5.74) is 0.888. The van der Waals surface area contributed by atoms with E-state index in [9.17, 15) is 14.4 Å². The Morgan fingerprint density at radius 3 is 1.90 bits per heavy atom. The van der Waals surface area contributed by atoms with E-state index in [-0.39, 0.29) is 30.3 Å². The Bertz CT molecular complexity index is 1050. The highest BCUT2D eigenvalue weighted by Crippen LogP contribution is 2.28. The molecule has 7 heteroatoms. The number of carbonyl (C=O) groups is 3. The maximum Gasteiger partial charge on any atom is 0.408 e. The van der Waals surface area contributed by atoms with Crippen molar-refractivity contribution in [2.75, 3.05) is 0 Å². The van der Waals surface area contributed by atoms with Crippen molar-refractivity contribution in [1.82, 2.24) is 15.5 Å². The summed E-state index contributed by atoms with van der Waals surface area (Å²) in [5.74, 6) is -0.144. The number of alkyl carbamates (subject to hydrolysis) is 1. The zero-order valence-corrected chi connectivity index (χ0v) is 24.9. The minimum Gasteiger partial charge on any atom is -0.444 e. The minimum atomic E-state index is -0.929. The van der Waals surface area contributed by atoms with Crippen LogP contribution >= 0.6 is 0 Å². The van der Waals surface area contributed by atoms with Crippen LogP contribution < -0.4 is 10.6 Å². The first-order valence-corrected chi connectivity index (χ1v) is 14.0. The Morgan fingerprint density at radius 1 is 0.821 bits per heavy atom. The fourth-order valence-corrected chi connectivity index (χ4v) is 4.43. The lowest BCUT2D eigenvalue weighted by Gasteiger charge is -2.39. The number of amides is 3. The normalized spacial score (nSPS) is 13.9. The van der Waals surface area contributed by atoms with E-state index in [4.69, 9.17) is 4.74 Å². The third-order valence-electron chi connectivity index (χ3n) is 6.24. The number of hydrogen-bond acceptors (Lipinski definition) is 4. The molecular weight excluding hydrogens is 490 g/mol. The molecule has 2 aromatic rings. The van der Waals surface area contributed by atoms with Crippen molar-refractivity contribution >= 4 is 17.9 Å². The number of ether oxygens (including phenoxy) is 1. The molecule has 2 N–H and O–H groups in total. The van der Waals surface area contributed by atoms with Crippen LogP contribution in [0.2, 0.25) is 0 Å². The van der Waals surface area contributed by atoms with Crippen LogP contribution in [0.1, 0.15) is 85.4 Å². The summed E-state index contributed by atoms with van der Waals surface area (Å²) in [5, 5.41) is 5.84. The third kappa shape index (κ3) is 10.7. The van der Waals surface area contributed by atoms with Crippen molar-refractivity contribution in [2.24, 2.45) is 5.92 Å². The maximum atomic E-state index is 14.5. The summed E-state index contributed by atoms with van der Waals surface area (Å²) in [7, 11) is 0. The van der Waals surface area contributed by atoms with Gasteiger partial charge in [-0.2, -0.15) is 0 Å². The van der Waals surface area contributed by atoms with Gasteiger partial charge >= 0.3 is 6.09 Å². The van der Waals surface area contributed by atoms with E-state index in [0.29, 0.717) is 12.3 Å². The average molecular weight is 538 g/mol. The standard InChI is InChI=1S/C32H47N3O4/c1-22(2)19-20-24(5)35(28(29(36)33-23(3)4)26-17-13-10-14-18-26)30(37)27(21-25-15-11-9-12-16-25)34-31(38)39-32(6,7)8/h9-18,22-24,27-28H,19-21H2,1-8H3,(H,33,36)(H,34,38). The van der Waals surface area contributed by atoms with E-state index >= 15 is 0 Å². The van der Waals surface area contributed by atoms with Gasteiger partial charge < -0.3 is 20.3 Å². The molecule has 0 spiro atoms. The molecule has 0 aliphatic heterocycles. The second kappa shape index (κ2) is 14.7. The smallest absolute Gasteiger partial charge is 0.408 e. The molecule has 3 amide bonds. The van der Waals surface area contributed by atoms with Crippen molar-refractivity contribution < 1.29 is 19.1 Å². The van der Waals surface area contributed by atoms with Gasteiger partial charge in [-0.1, -0.05) is 74.5 Å². The molecule has 0 heterocycles. The van der Waals surface area contributed by atoms with Crippen molar-refractivity contribution in [3.05, 3.63) is 71.8 Å². The summed E-state index contributed by atoms with van der Waals surface area (Å²) in [6.07, 6.45) is 1.20. The lowest BCUT2D eigenvalue weighted by atomic mass is 9.96. The monoisotopic (exact) mass is 537 g/mol. The van der Waals surface area contributed by atoms with Gasteiger partial charge in [-0.15, -0.1) is 0 Å². The molecule has 0 aliphatic carbocycles. The van der Waals surface area contributed by atoms with Gasteiger partial charge in [0.05, 0.1) is 0 Å². The molecule has 3 unspecified atom stereocenters. The molecule has 0 radical (unpaired) electrons. The zero-order chi connectivity index (χ0) is 29.2. The number of carbonyl (C=O) groups excluding carboxylic acids is 3. The number of nitrogens with zero attached hydrogens (tertiary/aromatic N) is 1. The van der Waals surface area contributed by atoms with Gasteiger partial charge in [0.25, 0.3) is 0 Å². The predicted molar refractivity (Wildman–Crippen MR) is 156 cm³/mol. The van der Waals surface area contributed by atoms with Gasteiger partial charge in [0, 0.05) is 18.5 Å².